The molecule has 1 aliphatic rings. The monoisotopic (exact) mass is 255 g/mol. The Hall–Kier alpha value is -0.570. The Morgan fingerprint density at radius 1 is 1.39 bits per heavy atom. The summed E-state index contributed by atoms with van der Waals surface area (Å²) in [7, 11) is 0. The highest BCUT2D eigenvalue weighted by Gasteiger charge is 2.41. The van der Waals surface area contributed by atoms with Crippen LogP contribution in [0.1, 0.15) is 66.2 Å². The fourth-order valence-electron chi connectivity index (χ4n) is 2.94. The Kier molecular flexibility index (Phi) is 5.20. The molecule has 0 heterocycles. The highest BCUT2D eigenvalue weighted by molar-refractivity contribution is 5.83. The third kappa shape index (κ3) is 3.98. The predicted octanol–water partition coefficient (Wildman–Crippen LogP) is 2.87. The molecule has 0 radical (unpaired) electrons. The highest BCUT2D eigenvalue weighted by atomic mass is 16.3. The first kappa shape index (κ1) is 15.5. The maximum atomic E-state index is 12.4. The van der Waals surface area contributed by atoms with Crippen molar-refractivity contribution in [3.05, 3.63) is 0 Å². The van der Waals surface area contributed by atoms with E-state index in [-0.39, 0.29) is 11.3 Å². The van der Waals surface area contributed by atoms with Crippen LogP contribution in [0.25, 0.3) is 0 Å². The second kappa shape index (κ2) is 6.05. The van der Waals surface area contributed by atoms with Crippen molar-refractivity contribution in [2.45, 2.75) is 71.8 Å². The lowest BCUT2D eigenvalue weighted by atomic mass is 9.77. The van der Waals surface area contributed by atoms with Crippen molar-refractivity contribution >= 4 is 5.91 Å². The Morgan fingerprint density at radius 3 is 2.39 bits per heavy atom. The Labute approximate surface area is 111 Å². The SMILES string of the molecule is CCC(C)(O)CNC(=O)C1(CC(C)C)CCCC1. The van der Waals surface area contributed by atoms with Crippen LogP contribution in [0, 0.1) is 11.3 Å². The van der Waals surface area contributed by atoms with Gasteiger partial charge in [-0.1, -0.05) is 33.6 Å². The van der Waals surface area contributed by atoms with Gasteiger partial charge in [-0.25, -0.2) is 0 Å². The van der Waals surface area contributed by atoms with Crippen molar-refractivity contribution in [1.82, 2.24) is 5.32 Å². The molecule has 1 rings (SSSR count). The smallest absolute Gasteiger partial charge is 0.226 e. The van der Waals surface area contributed by atoms with E-state index in [1.54, 1.807) is 6.92 Å². The first-order chi connectivity index (χ1) is 8.31. The summed E-state index contributed by atoms with van der Waals surface area (Å²) in [6, 6.07) is 0. The summed E-state index contributed by atoms with van der Waals surface area (Å²) in [5.74, 6) is 0.697. The molecule has 18 heavy (non-hydrogen) atoms. The minimum Gasteiger partial charge on any atom is -0.388 e. The fourth-order valence-corrected chi connectivity index (χ4v) is 2.94. The summed E-state index contributed by atoms with van der Waals surface area (Å²) in [6.07, 6.45) is 5.95. The molecule has 1 unspecified atom stereocenters. The van der Waals surface area contributed by atoms with E-state index in [1.165, 1.54) is 0 Å². The number of carbonyl (C=O) groups excluding carboxylic acids is 1. The Morgan fingerprint density at radius 2 is 1.94 bits per heavy atom. The zero-order chi connectivity index (χ0) is 13.8. The van der Waals surface area contributed by atoms with Gasteiger partial charge in [-0.15, -0.1) is 0 Å². The van der Waals surface area contributed by atoms with E-state index in [4.69, 9.17) is 0 Å². The van der Waals surface area contributed by atoms with Crippen LogP contribution in [-0.2, 0) is 4.79 Å². The van der Waals surface area contributed by atoms with Crippen molar-refractivity contribution in [2.24, 2.45) is 11.3 Å². The van der Waals surface area contributed by atoms with E-state index >= 15 is 0 Å². The first-order valence-electron chi connectivity index (χ1n) is 7.32. The van der Waals surface area contributed by atoms with E-state index < -0.39 is 5.60 Å². The van der Waals surface area contributed by atoms with Crippen molar-refractivity contribution in [3.63, 3.8) is 0 Å². The van der Waals surface area contributed by atoms with Crippen molar-refractivity contribution < 1.29 is 9.90 Å². The van der Waals surface area contributed by atoms with Gasteiger partial charge in [-0.05, 0) is 38.5 Å². The normalized spacial score (nSPS) is 21.9. The lowest BCUT2D eigenvalue weighted by molar-refractivity contribution is -0.133. The highest BCUT2D eigenvalue weighted by Crippen LogP contribution is 2.43. The maximum absolute atomic E-state index is 12.4. The molecule has 0 saturated heterocycles. The molecule has 1 atom stereocenters. The molecule has 0 bridgehead atoms. The summed E-state index contributed by atoms with van der Waals surface area (Å²) in [6.45, 7) is 8.43. The van der Waals surface area contributed by atoms with Crippen LogP contribution in [0.4, 0.5) is 0 Å². The van der Waals surface area contributed by atoms with Gasteiger partial charge in [-0.2, -0.15) is 0 Å². The summed E-state index contributed by atoms with van der Waals surface area (Å²) >= 11 is 0. The van der Waals surface area contributed by atoms with Gasteiger partial charge in [-0.3, -0.25) is 4.79 Å². The number of amides is 1. The van der Waals surface area contributed by atoms with Crippen LogP contribution in [-0.4, -0.2) is 23.2 Å². The summed E-state index contributed by atoms with van der Waals surface area (Å²) in [5.41, 5.74) is -0.953. The number of rotatable bonds is 6. The summed E-state index contributed by atoms with van der Waals surface area (Å²) in [4.78, 5) is 12.4. The molecule has 0 aromatic carbocycles. The third-order valence-corrected chi connectivity index (χ3v) is 4.23. The largest absolute Gasteiger partial charge is 0.388 e. The number of nitrogens with one attached hydrogen (secondary N) is 1. The molecule has 1 saturated carbocycles. The van der Waals surface area contributed by atoms with E-state index in [2.05, 4.69) is 19.2 Å². The molecule has 0 aromatic heterocycles. The van der Waals surface area contributed by atoms with E-state index in [1.807, 2.05) is 6.92 Å². The van der Waals surface area contributed by atoms with Gasteiger partial charge >= 0.3 is 0 Å². The van der Waals surface area contributed by atoms with E-state index in [0.717, 1.165) is 32.1 Å². The van der Waals surface area contributed by atoms with E-state index in [9.17, 15) is 9.90 Å². The quantitative estimate of drug-likeness (QED) is 0.766. The first-order valence-corrected chi connectivity index (χ1v) is 7.32. The number of hydrogen-bond donors (Lipinski definition) is 2. The molecule has 3 heteroatoms. The molecule has 1 aliphatic carbocycles. The van der Waals surface area contributed by atoms with Crippen molar-refractivity contribution in [2.75, 3.05) is 6.54 Å². The van der Waals surface area contributed by atoms with Gasteiger partial charge in [0.15, 0.2) is 0 Å². The molecule has 1 amide bonds. The molecular formula is C15H29NO2. The number of carbonyl (C=O) groups is 1. The van der Waals surface area contributed by atoms with Crippen LogP contribution >= 0.6 is 0 Å². The van der Waals surface area contributed by atoms with Gasteiger partial charge < -0.3 is 10.4 Å². The molecule has 1 fully saturated rings. The standard InChI is InChI=1S/C15H29NO2/c1-5-14(4,18)11-16-13(17)15(10-12(2)3)8-6-7-9-15/h12,18H,5-11H2,1-4H3,(H,16,17). The van der Waals surface area contributed by atoms with Gasteiger partial charge in [0.2, 0.25) is 5.91 Å². The van der Waals surface area contributed by atoms with Crippen molar-refractivity contribution in [3.8, 4) is 0 Å². The van der Waals surface area contributed by atoms with Crippen LogP contribution in [0.2, 0.25) is 0 Å². The minimum absolute atomic E-state index is 0.155. The van der Waals surface area contributed by atoms with Crippen LogP contribution < -0.4 is 5.32 Å². The summed E-state index contributed by atoms with van der Waals surface area (Å²) < 4.78 is 0. The topological polar surface area (TPSA) is 49.3 Å². The lowest BCUT2D eigenvalue weighted by Crippen LogP contribution is -2.46. The fraction of sp³-hybridized carbons (Fsp3) is 0.933. The van der Waals surface area contributed by atoms with Gasteiger partial charge in [0, 0.05) is 12.0 Å². The number of aliphatic hydroxyl groups is 1. The zero-order valence-corrected chi connectivity index (χ0v) is 12.4. The molecule has 3 nitrogen and oxygen atoms in total. The molecule has 0 aromatic rings. The van der Waals surface area contributed by atoms with Gasteiger partial charge in [0.1, 0.15) is 0 Å². The lowest BCUT2D eigenvalue weighted by Gasteiger charge is -2.31. The summed E-state index contributed by atoms with van der Waals surface area (Å²) in [5, 5.41) is 12.9. The second-order valence-corrected chi connectivity index (χ2v) is 6.62. The van der Waals surface area contributed by atoms with Gasteiger partial charge in [0.25, 0.3) is 0 Å². The predicted molar refractivity (Wildman–Crippen MR) is 74.3 cm³/mol. The zero-order valence-electron chi connectivity index (χ0n) is 12.4. The average Bonchev–Trinajstić information content (AvgIpc) is 2.75. The minimum atomic E-state index is -0.784. The molecule has 0 spiro atoms. The van der Waals surface area contributed by atoms with E-state index in [0.29, 0.717) is 18.9 Å². The van der Waals surface area contributed by atoms with Crippen molar-refractivity contribution in [1.29, 1.82) is 0 Å². The Bertz CT molecular complexity index is 278. The van der Waals surface area contributed by atoms with Crippen LogP contribution in [0.5, 0.6) is 0 Å². The van der Waals surface area contributed by atoms with Crippen LogP contribution in [0.15, 0.2) is 0 Å². The molecule has 0 aliphatic heterocycles. The molecule has 106 valence electrons. The maximum Gasteiger partial charge on any atom is 0.226 e. The average molecular weight is 255 g/mol. The molecule has 2 N–H and O–H groups in total. The second-order valence-electron chi connectivity index (χ2n) is 6.62. The Balaban J connectivity index is 2.61. The number of hydrogen-bond acceptors (Lipinski definition) is 2. The van der Waals surface area contributed by atoms with Gasteiger partial charge in [0.05, 0.1) is 5.60 Å². The third-order valence-electron chi connectivity index (χ3n) is 4.23. The molecular weight excluding hydrogens is 226 g/mol. The van der Waals surface area contributed by atoms with Crippen LogP contribution in [0.3, 0.4) is 0 Å².